The van der Waals surface area contributed by atoms with Crippen LogP contribution in [0.5, 0.6) is 0 Å². The third-order valence-electron chi connectivity index (χ3n) is 1.25. The summed E-state index contributed by atoms with van der Waals surface area (Å²) in [6.45, 7) is 1.88. The van der Waals surface area contributed by atoms with Crippen molar-refractivity contribution in [2.24, 2.45) is 5.73 Å². The maximum atomic E-state index is 11.5. The van der Waals surface area contributed by atoms with E-state index in [0.29, 0.717) is 0 Å². The molecule has 68 valence electrons. The minimum absolute atomic E-state index is 0.377. The lowest BCUT2D eigenvalue weighted by molar-refractivity contribution is -0.184. The Labute approximate surface area is 63.5 Å². The van der Waals surface area contributed by atoms with Crippen molar-refractivity contribution >= 4 is 0 Å². The van der Waals surface area contributed by atoms with Crippen LogP contribution in [0.1, 0.15) is 13.8 Å². The summed E-state index contributed by atoms with van der Waals surface area (Å²) in [7, 11) is 0. The number of halogens is 3. The zero-order chi connectivity index (χ0) is 9.07. The first-order chi connectivity index (χ1) is 4.83. The highest BCUT2D eigenvalue weighted by Crippen LogP contribution is 2.15. The van der Waals surface area contributed by atoms with Gasteiger partial charge in [0.2, 0.25) is 0 Å². The summed E-state index contributed by atoms with van der Waals surface area (Å²) >= 11 is 0. The number of hydrogen-bond donors (Lipinski definition) is 1. The first-order valence-corrected chi connectivity index (χ1v) is 3.27. The Morgan fingerprint density at radius 3 is 2.09 bits per heavy atom. The molecule has 0 fully saturated rings. The van der Waals surface area contributed by atoms with Gasteiger partial charge in [-0.1, -0.05) is 0 Å². The monoisotopic (exact) mass is 171 g/mol. The molecule has 0 aliphatic rings. The molecule has 1 unspecified atom stereocenters. The summed E-state index contributed by atoms with van der Waals surface area (Å²) in [6, 6.07) is -0.377. The Morgan fingerprint density at radius 1 is 1.36 bits per heavy atom. The predicted octanol–water partition coefficient (Wildman–Crippen LogP) is 1.30. The minimum atomic E-state index is -4.26. The Hall–Kier alpha value is -0.290. The number of ether oxygens (including phenoxy) is 1. The van der Waals surface area contributed by atoms with Crippen LogP contribution >= 0.6 is 0 Å². The smallest absolute Gasteiger partial charge is 0.367 e. The zero-order valence-corrected chi connectivity index (χ0v) is 6.48. The summed E-state index contributed by atoms with van der Waals surface area (Å²) < 4.78 is 39.0. The Bertz CT molecular complexity index is 113. The molecule has 2 N–H and O–H groups in total. The molecular weight excluding hydrogens is 159 g/mol. The van der Waals surface area contributed by atoms with Crippen LogP contribution in [-0.2, 0) is 4.74 Å². The highest BCUT2D eigenvalue weighted by Gasteiger charge is 2.28. The Kier molecular flexibility index (Phi) is 3.82. The van der Waals surface area contributed by atoms with Crippen molar-refractivity contribution in [3.8, 4) is 0 Å². The van der Waals surface area contributed by atoms with Crippen molar-refractivity contribution in [2.75, 3.05) is 6.61 Å². The average Bonchev–Trinajstić information content (AvgIpc) is 1.80. The fourth-order valence-corrected chi connectivity index (χ4v) is 0.378. The van der Waals surface area contributed by atoms with Crippen molar-refractivity contribution in [1.82, 2.24) is 0 Å². The standard InChI is InChI=1S/C6H12F3NO/c1-4(10)5(2)11-3-6(7,8)9/h4-5H,3,10H2,1-2H3/t4-,5?/m0/s1. The van der Waals surface area contributed by atoms with Gasteiger partial charge in [0.25, 0.3) is 0 Å². The van der Waals surface area contributed by atoms with Gasteiger partial charge in [0, 0.05) is 6.04 Å². The first-order valence-electron chi connectivity index (χ1n) is 3.27. The highest BCUT2D eigenvalue weighted by atomic mass is 19.4. The van der Waals surface area contributed by atoms with Gasteiger partial charge in [0.15, 0.2) is 0 Å². The lowest BCUT2D eigenvalue weighted by Gasteiger charge is -2.17. The van der Waals surface area contributed by atoms with Crippen LogP contribution in [0.15, 0.2) is 0 Å². The largest absolute Gasteiger partial charge is 0.411 e. The quantitative estimate of drug-likeness (QED) is 0.694. The van der Waals surface area contributed by atoms with Gasteiger partial charge in [-0.15, -0.1) is 0 Å². The molecule has 2 nitrogen and oxygen atoms in total. The van der Waals surface area contributed by atoms with E-state index in [1.165, 1.54) is 6.92 Å². The van der Waals surface area contributed by atoms with Crippen molar-refractivity contribution in [2.45, 2.75) is 32.2 Å². The molecule has 0 aliphatic carbocycles. The third kappa shape index (κ3) is 6.12. The normalized spacial score (nSPS) is 18.0. The summed E-state index contributed by atoms with van der Waals surface area (Å²) in [5, 5.41) is 0. The molecule has 5 heteroatoms. The number of nitrogens with two attached hydrogens (primary N) is 1. The van der Waals surface area contributed by atoms with Crippen LogP contribution < -0.4 is 5.73 Å². The van der Waals surface area contributed by atoms with Crippen LogP contribution in [0.2, 0.25) is 0 Å². The fourth-order valence-electron chi connectivity index (χ4n) is 0.378. The zero-order valence-electron chi connectivity index (χ0n) is 6.48. The van der Waals surface area contributed by atoms with Crippen LogP contribution in [-0.4, -0.2) is 24.9 Å². The molecule has 2 atom stereocenters. The van der Waals surface area contributed by atoms with Crippen molar-refractivity contribution < 1.29 is 17.9 Å². The SMILES string of the molecule is CC(OCC(F)(F)F)[C@H](C)N. The molecule has 0 aromatic rings. The van der Waals surface area contributed by atoms with E-state index < -0.39 is 18.9 Å². The van der Waals surface area contributed by atoms with E-state index in [0.717, 1.165) is 0 Å². The van der Waals surface area contributed by atoms with Crippen molar-refractivity contribution in [1.29, 1.82) is 0 Å². The molecule has 0 aliphatic heterocycles. The molecule has 0 radical (unpaired) electrons. The van der Waals surface area contributed by atoms with E-state index >= 15 is 0 Å². The van der Waals surface area contributed by atoms with Gasteiger partial charge in [0.1, 0.15) is 6.61 Å². The summed E-state index contributed by atoms with van der Waals surface area (Å²) in [5.74, 6) is 0. The number of alkyl halides is 3. The highest BCUT2D eigenvalue weighted by molar-refractivity contribution is 4.63. The average molecular weight is 171 g/mol. The molecule has 0 bridgehead atoms. The van der Waals surface area contributed by atoms with Crippen LogP contribution in [0.3, 0.4) is 0 Å². The summed E-state index contributed by atoms with van der Waals surface area (Å²) in [5.41, 5.74) is 5.27. The molecule has 0 aromatic carbocycles. The second kappa shape index (κ2) is 3.92. The van der Waals surface area contributed by atoms with Gasteiger partial charge in [-0.25, -0.2) is 0 Å². The minimum Gasteiger partial charge on any atom is -0.367 e. The van der Waals surface area contributed by atoms with Crippen LogP contribution in [0.25, 0.3) is 0 Å². The molecule has 0 amide bonds. The molecular formula is C6H12F3NO. The molecule has 11 heavy (non-hydrogen) atoms. The van der Waals surface area contributed by atoms with Crippen LogP contribution in [0, 0.1) is 0 Å². The van der Waals surface area contributed by atoms with E-state index in [2.05, 4.69) is 4.74 Å². The van der Waals surface area contributed by atoms with Gasteiger partial charge in [-0.2, -0.15) is 13.2 Å². The van der Waals surface area contributed by atoms with Gasteiger partial charge in [0.05, 0.1) is 6.10 Å². The van der Waals surface area contributed by atoms with Gasteiger partial charge < -0.3 is 10.5 Å². The molecule has 0 heterocycles. The van der Waals surface area contributed by atoms with Crippen molar-refractivity contribution in [3.63, 3.8) is 0 Å². The van der Waals surface area contributed by atoms with E-state index in [1.54, 1.807) is 6.92 Å². The third-order valence-corrected chi connectivity index (χ3v) is 1.25. The predicted molar refractivity (Wildman–Crippen MR) is 35.1 cm³/mol. The summed E-state index contributed by atoms with van der Waals surface area (Å²) in [4.78, 5) is 0. The van der Waals surface area contributed by atoms with E-state index in [-0.39, 0.29) is 6.04 Å². The second-order valence-electron chi connectivity index (χ2n) is 2.49. The number of rotatable bonds is 3. The molecule has 0 aromatic heterocycles. The van der Waals surface area contributed by atoms with Gasteiger partial charge in [-0.05, 0) is 13.8 Å². The van der Waals surface area contributed by atoms with Crippen LogP contribution in [0.4, 0.5) is 13.2 Å². The second-order valence-corrected chi connectivity index (χ2v) is 2.49. The molecule has 0 saturated heterocycles. The van der Waals surface area contributed by atoms with E-state index in [9.17, 15) is 13.2 Å². The Balaban J connectivity index is 3.54. The van der Waals surface area contributed by atoms with Crippen molar-refractivity contribution in [3.05, 3.63) is 0 Å². The fraction of sp³-hybridized carbons (Fsp3) is 1.00. The topological polar surface area (TPSA) is 35.2 Å². The molecule has 0 saturated carbocycles. The van der Waals surface area contributed by atoms with E-state index in [4.69, 9.17) is 5.73 Å². The lowest BCUT2D eigenvalue weighted by Crippen LogP contribution is -2.34. The van der Waals surface area contributed by atoms with Gasteiger partial charge >= 0.3 is 6.18 Å². The summed E-state index contributed by atoms with van der Waals surface area (Å²) in [6.07, 6.45) is -4.82. The molecule has 0 rings (SSSR count). The molecule has 0 spiro atoms. The van der Waals surface area contributed by atoms with Gasteiger partial charge in [-0.3, -0.25) is 0 Å². The first kappa shape index (κ1) is 10.7. The maximum Gasteiger partial charge on any atom is 0.411 e. The Morgan fingerprint density at radius 2 is 1.82 bits per heavy atom. The maximum absolute atomic E-state index is 11.5. The van der Waals surface area contributed by atoms with E-state index in [1.807, 2.05) is 0 Å². The number of hydrogen-bond acceptors (Lipinski definition) is 2. The lowest BCUT2D eigenvalue weighted by atomic mass is 10.2.